The Bertz CT molecular complexity index is 917. The molecule has 6 heteroatoms. The van der Waals surface area contributed by atoms with E-state index in [1.807, 2.05) is 30.3 Å². The molecule has 0 aliphatic rings. The number of ether oxygens (including phenoxy) is 1. The van der Waals surface area contributed by atoms with Gasteiger partial charge in [0, 0.05) is 22.3 Å². The Morgan fingerprint density at radius 2 is 1.78 bits per heavy atom. The van der Waals surface area contributed by atoms with E-state index >= 15 is 0 Å². The Morgan fingerprint density at radius 3 is 2.44 bits per heavy atom. The lowest BCUT2D eigenvalue weighted by Gasteiger charge is -2.19. The zero-order valence-electron chi connectivity index (χ0n) is 14.4. The van der Waals surface area contributed by atoms with Gasteiger partial charge in [-0.25, -0.2) is 4.39 Å². The van der Waals surface area contributed by atoms with Gasteiger partial charge in [0.2, 0.25) is 6.10 Å². The molecule has 1 atom stereocenters. The number of hydrogen-bond donors (Lipinski definition) is 2. The fourth-order valence-corrected chi connectivity index (χ4v) is 2.86. The van der Waals surface area contributed by atoms with E-state index in [0.29, 0.717) is 22.6 Å². The van der Waals surface area contributed by atoms with Crippen LogP contribution in [-0.4, -0.2) is 5.91 Å². The third-order valence-electron chi connectivity index (χ3n) is 3.87. The summed E-state index contributed by atoms with van der Waals surface area (Å²) in [6, 6.07) is 20.5. The highest BCUT2D eigenvalue weighted by molar-refractivity contribution is 9.10. The number of hydrogen-bond acceptors (Lipinski definition) is 3. The van der Waals surface area contributed by atoms with Crippen LogP contribution in [0.2, 0.25) is 0 Å². The normalized spacial score (nSPS) is 11.7. The predicted molar refractivity (Wildman–Crippen MR) is 107 cm³/mol. The minimum absolute atomic E-state index is 0.179. The third-order valence-corrected chi connectivity index (χ3v) is 4.40. The van der Waals surface area contributed by atoms with Gasteiger partial charge in [-0.3, -0.25) is 4.79 Å². The van der Waals surface area contributed by atoms with Crippen LogP contribution in [-0.2, 0) is 11.3 Å². The number of carbonyl (C=O) groups excluding carboxylic acids is 1. The van der Waals surface area contributed by atoms with Crippen molar-refractivity contribution in [3.63, 3.8) is 0 Å². The van der Waals surface area contributed by atoms with Crippen molar-refractivity contribution in [1.29, 1.82) is 0 Å². The molecule has 3 rings (SSSR count). The molecule has 0 aliphatic heterocycles. The number of nitrogens with one attached hydrogen (secondary N) is 1. The number of benzene rings is 3. The molecule has 0 spiro atoms. The van der Waals surface area contributed by atoms with Crippen LogP contribution in [0.5, 0.6) is 5.75 Å². The SMILES string of the molecule is NCc1cc(F)cc(NC(=O)C(Oc2ccc(Br)cc2)c2ccccc2)c1. The number of amides is 1. The first-order valence-corrected chi connectivity index (χ1v) is 9.12. The molecule has 0 radical (unpaired) electrons. The zero-order valence-corrected chi connectivity index (χ0v) is 15.9. The van der Waals surface area contributed by atoms with E-state index in [2.05, 4.69) is 21.2 Å². The number of rotatable bonds is 6. The summed E-state index contributed by atoms with van der Waals surface area (Å²) in [7, 11) is 0. The highest BCUT2D eigenvalue weighted by atomic mass is 79.9. The van der Waals surface area contributed by atoms with Crippen LogP contribution < -0.4 is 15.8 Å². The van der Waals surface area contributed by atoms with Crippen LogP contribution in [0.1, 0.15) is 17.2 Å². The van der Waals surface area contributed by atoms with E-state index in [9.17, 15) is 9.18 Å². The lowest BCUT2D eigenvalue weighted by Crippen LogP contribution is -2.25. The Balaban J connectivity index is 1.86. The highest BCUT2D eigenvalue weighted by Crippen LogP contribution is 2.25. The van der Waals surface area contributed by atoms with Crippen molar-refractivity contribution >= 4 is 27.5 Å². The summed E-state index contributed by atoms with van der Waals surface area (Å²) < 4.78 is 20.6. The fourth-order valence-electron chi connectivity index (χ4n) is 2.60. The second kappa shape index (κ2) is 8.79. The minimum atomic E-state index is -0.892. The summed E-state index contributed by atoms with van der Waals surface area (Å²) in [6.07, 6.45) is -0.892. The van der Waals surface area contributed by atoms with Crippen molar-refractivity contribution in [2.75, 3.05) is 5.32 Å². The molecule has 3 aromatic carbocycles. The third kappa shape index (κ3) is 5.15. The first-order chi connectivity index (χ1) is 13.0. The molecular formula is C21H18BrFN2O2. The molecule has 3 N–H and O–H groups in total. The number of nitrogens with two attached hydrogens (primary N) is 1. The van der Waals surface area contributed by atoms with Crippen molar-refractivity contribution in [3.05, 3.63) is 94.2 Å². The van der Waals surface area contributed by atoms with E-state index in [1.165, 1.54) is 12.1 Å². The highest BCUT2D eigenvalue weighted by Gasteiger charge is 2.23. The van der Waals surface area contributed by atoms with E-state index in [0.717, 1.165) is 4.47 Å². The van der Waals surface area contributed by atoms with E-state index in [1.54, 1.807) is 30.3 Å². The van der Waals surface area contributed by atoms with Gasteiger partial charge in [-0.2, -0.15) is 0 Å². The van der Waals surface area contributed by atoms with E-state index < -0.39 is 17.8 Å². The van der Waals surface area contributed by atoms with Crippen LogP contribution in [0.4, 0.5) is 10.1 Å². The molecule has 0 fully saturated rings. The van der Waals surface area contributed by atoms with Gasteiger partial charge in [0.05, 0.1) is 0 Å². The Labute approximate surface area is 165 Å². The van der Waals surface area contributed by atoms with Gasteiger partial charge in [-0.1, -0.05) is 46.3 Å². The first kappa shape index (κ1) is 19.1. The number of carbonyl (C=O) groups is 1. The second-order valence-corrected chi connectivity index (χ2v) is 6.82. The van der Waals surface area contributed by atoms with Crippen LogP contribution in [0, 0.1) is 5.82 Å². The van der Waals surface area contributed by atoms with Gasteiger partial charge in [-0.15, -0.1) is 0 Å². The Hall–Kier alpha value is -2.70. The summed E-state index contributed by atoms with van der Waals surface area (Å²) in [5.41, 5.74) is 7.19. The smallest absolute Gasteiger partial charge is 0.270 e. The molecule has 27 heavy (non-hydrogen) atoms. The molecule has 1 unspecified atom stereocenters. The van der Waals surface area contributed by atoms with Crippen molar-refractivity contribution in [3.8, 4) is 5.75 Å². The van der Waals surface area contributed by atoms with Crippen molar-refractivity contribution < 1.29 is 13.9 Å². The minimum Gasteiger partial charge on any atom is -0.476 e. The van der Waals surface area contributed by atoms with Gasteiger partial charge >= 0.3 is 0 Å². The molecule has 3 aromatic rings. The second-order valence-electron chi connectivity index (χ2n) is 5.90. The van der Waals surface area contributed by atoms with Crippen molar-refractivity contribution in [2.45, 2.75) is 12.6 Å². The Morgan fingerprint density at radius 1 is 1.07 bits per heavy atom. The van der Waals surface area contributed by atoms with E-state index in [-0.39, 0.29) is 6.54 Å². The summed E-state index contributed by atoms with van der Waals surface area (Å²) in [5, 5.41) is 2.72. The van der Waals surface area contributed by atoms with Crippen LogP contribution >= 0.6 is 15.9 Å². The zero-order chi connectivity index (χ0) is 19.2. The monoisotopic (exact) mass is 428 g/mol. The molecular weight excluding hydrogens is 411 g/mol. The molecule has 0 heterocycles. The largest absolute Gasteiger partial charge is 0.476 e. The number of halogens is 2. The van der Waals surface area contributed by atoms with Gasteiger partial charge in [0.15, 0.2) is 0 Å². The molecule has 138 valence electrons. The maximum absolute atomic E-state index is 13.7. The number of anilines is 1. The van der Waals surface area contributed by atoms with Gasteiger partial charge in [0.25, 0.3) is 5.91 Å². The molecule has 0 saturated carbocycles. The molecule has 4 nitrogen and oxygen atoms in total. The lowest BCUT2D eigenvalue weighted by atomic mass is 10.1. The van der Waals surface area contributed by atoms with Crippen LogP contribution in [0.15, 0.2) is 77.3 Å². The average molecular weight is 429 g/mol. The summed E-state index contributed by atoms with van der Waals surface area (Å²) in [6.45, 7) is 0.179. The predicted octanol–water partition coefficient (Wildman–Crippen LogP) is 4.81. The summed E-state index contributed by atoms with van der Waals surface area (Å²) >= 11 is 3.37. The lowest BCUT2D eigenvalue weighted by molar-refractivity contribution is -0.123. The van der Waals surface area contributed by atoms with Gasteiger partial charge in [0.1, 0.15) is 11.6 Å². The Kier molecular flexibility index (Phi) is 6.21. The summed E-state index contributed by atoms with van der Waals surface area (Å²) in [4.78, 5) is 12.9. The van der Waals surface area contributed by atoms with Gasteiger partial charge < -0.3 is 15.8 Å². The van der Waals surface area contributed by atoms with Crippen LogP contribution in [0.3, 0.4) is 0 Å². The summed E-state index contributed by atoms with van der Waals surface area (Å²) in [5.74, 6) is -0.319. The maximum atomic E-state index is 13.7. The van der Waals surface area contributed by atoms with Gasteiger partial charge in [-0.05, 0) is 48.0 Å². The van der Waals surface area contributed by atoms with E-state index in [4.69, 9.17) is 10.5 Å². The standard InChI is InChI=1S/C21H18BrFN2O2/c22-16-6-8-19(9-7-16)27-20(15-4-2-1-3-5-15)21(26)25-18-11-14(13-24)10-17(23)12-18/h1-12,20H,13,24H2,(H,25,26). The fraction of sp³-hybridized carbons (Fsp3) is 0.0952. The molecule has 0 aromatic heterocycles. The quantitative estimate of drug-likeness (QED) is 0.592. The molecule has 0 saturated heterocycles. The van der Waals surface area contributed by atoms with Crippen molar-refractivity contribution in [2.24, 2.45) is 5.73 Å². The van der Waals surface area contributed by atoms with Crippen molar-refractivity contribution in [1.82, 2.24) is 0 Å². The molecule has 1 amide bonds. The molecule has 0 bridgehead atoms. The topological polar surface area (TPSA) is 64.3 Å². The molecule has 0 aliphatic carbocycles. The maximum Gasteiger partial charge on any atom is 0.270 e. The average Bonchev–Trinajstić information content (AvgIpc) is 2.67. The first-order valence-electron chi connectivity index (χ1n) is 8.33. The van der Waals surface area contributed by atoms with Crippen LogP contribution in [0.25, 0.3) is 0 Å².